The fourth-order valence-corrected chi connectivity index (χ4v) is 7.92. The molecule has 0 atom stereocenters. The van der Waals surface area contributed by atoms with Crippen molar-refractivity contribution >= 4 is 43.6 Å². The zero-order chi connectivity index (χ0) is 38.5. The molecule has 0 amide bonds. The van der Waals surface area contributed by atoms with Gasteiger partial charge in [-0.1, -0.05) is 30.3 Å². The van der Waals surface area contributed by atoms with Crippen LogP contribution in [0.5, 0.6) is 23.0 Å². The van der Waals surface area contributed by atoms with Crippen LogP contribution < -0.4 is 18.9 Å². The van der Waals surface area contributed by atoms with Crippen LogP contribution in [0.3, 0.4) is 0 Å². The van der Waals surface area contributed by atoms with Crippen molar-refractivity contribution in [1.82, 2.24) is 9.13 Å². The van der Waals surface area contributed by atoms with Gasteiger partial charge in [-0.15, -0.1) is 0 Å². The molecule has 0 aliphatic carbocycles. The van der Waals surface area contributed by atoms with Gasteiger partial charge < -0.3 is 28.1 Å². The third-order valence-corrected chi connectivity index (χ3v) is 10.6. The van der Waals surface area contributed by atoms with Gasteiger partial charge in [0.1, 0.15) is 23.0 Å². The van der Waals surface area contributed by atoms with E-state index in [2.05, 4.69) is 81.9 Å². The van der Waals surface area contributed by atoms with Gasteiger partial charge in [-0.2, -0.15) is 10.5 Å². The monoisotopic (exact) mass is 730 g/mol. The number of ether oxygens (including phenoxy) is 4. The number of fused-ring (bicyclic) bond motifs is 6. The molecular formula is C48H34N4O4. The zero-order valence-corrected chi connectivity index (χ0v) is 31.1. The first-order chi connectivity index (χ1) is 27.5. The topological polar surface area (TPSA) is 94.4 Å². The van der Waals surface area contributed by atoms with Gasteiger partial charge in [0.2, 0.25) is 0 Å². The maximum Gasteiger partial charge on any atom is 0.120 e. The highest BCUT2D eigenvalue weighted by molar-refractivity contribution is 6.13. The Morgan fingerprint density at radius 3 is 1.16 bits per heavy atom. The minimum Gasteiger partial charge on any atom is -0.497 e. The van der Waals surface area contributed by atoms with Crippen LogP contribution in [0.15, 0.2) is 133 Å². The Balaban J connectivity index is 1.54. The summed E-state index contributed by atoms with van der Waals surface area (Å²) in [4.78, 5) is 0. The number of benzene rings is 7. The lowest BCUT2D eigenvalue weighted by molar-refractivity contribution is 0.415. The van der Waals surface area contributed by atoms with Gasteiger partial charge in [0.05, 0.1) is 85.1 Å². The van der Waals surface area contributed by atoms with Crippen LogP contribution in [0.2, 0.25) is 0 Å². The quantitative estimate of drug-likeness (QED) is 0.154. The molecule has 2 aromatic heterocycles. The summed E-state index contributed by atoms with van der Waals surface area (Å²) in [6.45, 7) is 0. The molecule has 7 aromatic carbocycles. The average Bonchev–Trinajstić information content (AvgIpc) is 3.76. The summed E-state index contributed by atoms with van der Waals surface area (Å²) in [6.07, 6.45) is 0. The van der Waals surface area contributed by atoms with Crippen LogP contribution in [0.4, 0.5) is 0 Å². The van der Waals surface area contributed by atoms with Crippen molar-refractivity contribution in [2.24, 2.45) is 0 Å². The Morgan fingerprint density at radius 1 is 0.411 bits per heavy atom. The highest BCUT2D eigenvalue weighted by Gasteiger charge is 2.26. The van der Waals surface area contributed by atoms with Crippen LogP contribution in [0, 0.1) is 22.7 Å². The number of aromatic nitrogens is 2. The molecule has 9 aromatic rings. The molecule has 0 saturated carbocycles. The number of methoxy groups -OCH3 is 4. The van der Waals surface area contributed by atoms with Crippen LogP contribution in [0.1, 0.15) is 11.1 Å². The van der Waals surface area contributed by atoms with Crippen molar-refractivity contribution in [3.63, 3.8) is 0 Å². The molecule has 9 rings (SSSR count). The van der Waals surface area contributed by atoms with Gasteiger partial charge in [0.15, 0.2) is 0 Å². The Bertz CT molecular complexity index is 2970. The first kappa shape index (κ1) is 34.1. The third-order valence-electron chi connectivity index (χ3n) is 10.6. The van der Waals surface area contributed by atoms with Crippen LogP contribution >= 0.6 is 0 Å². The molecule has 56 heavy (non-hydrogen) atoms. The second-order valence-electron chi connectivity index (χ2n) is 13.4. The molecule has 0 aliphatic rings. The predicted octanol–water partition coefficient (Wildman–Crippen LogP) is 11.0. The Morgan fingerprint density at radius 2 is 0.786 bits per heavy atom. The van der Waals surface area contributed by atoms with E-state index < -0.39 is 0 Å². The molecule has 0 N–H and O–H groups in total. The van der Waals surface area contributed by atoms with Crippen LogP contribution in [0.25, 0.3) is 77.2 Å². The summed E-state index contributed by atoms with van der Waals surface area (Å²) >= 11 is 0. The maximum atomic E-state index is 9.89. The first-order valence-corrected chi connectivity index (χ1v) is 18.0. The number of hydrogen-bond acceptors (Lipinski definition) is 6. The molecule has 0 unspecified atom stereocenters. The van der Waals surface area contributed by atoms with Crippen molar-refractivity contribution in [2.75, 3.05) is 28.4 Å². The summed E-state index contributed by atoms with van der Waals surface area (Å²) in [6, 6.07) is 48.8. The van der Waals surface area contributed by atoms with Gasteiger partial charge in [0, 0.05) is 56.9 Å². The van der Waals surface area contributed by atoms with Gasteiger partial charge in [-0.25, -0.2) is 0 Å². The fourth-order valence-electron chi connectivity index (χ4n) is 7.92. The normalized spacial score (nSPS) is 11.2. The third kappa shape index (κ3) is 5.35. The van der Waals surface area contributed by atoms with Gasteiger partial charge >= 0.3 is 0 Å². The number of rotatable bonds is 8. The van der Waals surface area contributed by atoms with Crippen LogP contribution in [-0.2, 0) is 0 Å². The molecule has 0 fully saturated rings. The molecule has 270 valence electrons. The van der Waals surface area contributed by atoms with Crippen molar-refractivity contribution in [3.05, 3.63) is 145 Å². The second kappa shape index (κ2) is 13.6. The molecular weight excluding hydrogens is 697 g/mol. The van der Waals surface area contributed by atoms with Crippen molar-refractivity contribution in [3.8, 4) is 68.8 Å². The zero-order valence-electron chi connectivity index (χ0n) is 31.1. The molecule has 0 radical (unpaired) electrons. The van der Waals surface area contributed by atoms with E-state index in [-0.39, 0.29) is 0 Å². The minimum atomic E-state index is 0.553. The summed E-state index contributed by atoms with van der Waals surface area (Å²) in [5, 5.41) is 23.8. The summed E-state index contributed by atoms with van der Waals surface area (Å²) in [7, 11) is 6.70. The number of nitrogens with zero attached hydrogens (tertiary/aromatic N) is 4. The summed E-state index contributed by atoms with van der Waals surface area (Å²) in [5.74, 6) is 2.88. The van der Waals surface area contributed by atoms with E-state index in [9.17, 15) is 10.5 Å². The molecule has 0 bridgehead atoms. The van der Waals surface area contributed by atoms with E-state index in [0.29, 0.717) is 22.6 Å². The highest BCUT2D eigenvalue weighted by Crippen LogP contribution is 2.47. The Kier molecular flexibility index (Phi) is 8.30. The van der Waals surface area contributed by atoms with Crippen LogP contribution in [-0.4, -0.2) is 37.6 Å². The second-order valence-corrected chi connectivity index (χ2v) is 13.4. The molecule has 2 heterocycles. The SMILES string of the molecule is COc1ccc2c3ccc(OC)cc3n(-c3ccc(-c4ccc(C#N)cc4)c(-n4c5cc(OC)ccc5c5ccc(OC)cc54)c3-c3ccc(C#N)cc3)c2c1. The average molecular weight is 731 g/mol. The molecule has 0 aliphatic heterocycles. The van der Waals surface area contributed by atoms with E-state index in [0.717, 1.165) is 88.7 Å². The standard InChI is InChI=1S/C48H34N4O4/c1-53-33-13-17-38-39-18-14-34(54-2)24-44(39)51(43(38)23-33)42-22-21-37(31-9-5-29(27-49)6-10-31)48(47(42)32-11-7-30(28-50)8-12-32)52-45-25-35(55-3)15-19-40(45)41-20-16-36(56-4)26-46(41)52/h5-26H,1-4H3. The van der Waals surface area contributed by atoms with Gasteiger partial charge in [-0.05, 0) is 90.0 Å². The predicted molar refractivity (Wildman–Crippen MR) is 222 cm³/mol. The van der Waals surface area contributed by atoms with Gasteiger partial charge in [0.25, 0.3) is 0 Å². The molecule has 0 saturated heterocycles. The lowest BCUT2D eigenvalue weighted by Gasteiger charge is -2.24. The minimum absolute atomic E-state index is 0.553. The largest absolute Gasteiger partial charge is 0.497 e. The summed E-state index contributed by atoms with van der Waals surface area (Å²) < 4.78 is 27.8. The van der Waals surface area contributed by atoms with E-state index in [1.807, 2.05) is 72.8 Å². The Hall–Kier alpha value is -7.68. The van der Waals surface area contributed by atoms with E-state index in [1.165, 1.54) is 0 Å². The lowest BCUT2D eigenvalue weighted by atomic mass is 9.92. The maximum absolute atomic E-state index is 9.89. The van der Waals surface area contributed by atoms with Gasteiger partial charge in [-0.3, -0.25) is 0 Å². The van der Waals surface area contributed by atoms with E-state index in [1.54, 1.807) is 28.4 Å². The Labute approximate surface area is 323 Å². The molecule has 8 heteroatoms. The number of nitriles is 2. The van der Waals surface area contributed by atoms with E-state index >= 15 is 0 Å². The smallest absolute Gasteiger partial charge is 0.120 e. The molecule has 0 spiro atoms. The fraction of sp³-hybridized carbons (Fsp3) is 0.0833. The molecule has 8 nitrogen and oxygen atoms in total. The number of hydrogen-bond donors (Lipinski definition) is 0. The van der Waals surface area contributed by atoms with E-state index in [4.69, 9.17) is 18.9 Å². The highest BCUT2D eigenvalue weighted by atomic mass is 16.5. The van der Waals surface area contributed by atoms with Crippen molar-refractivity contribution in [2.45, 2.75) is 0 Å². The van der Waals surface area contributed by atoms with Crippen molar-refractivity contribution < 1.29 is 18.9 Å². The first-order valence-electron chi connectivity index (χ1n) is 18.0. The summed E-state index contributed by atoms with van der Waals surface area (Å²) in [5.41, 5.74) is 10.3. The lowest BCUT2D eigenvalue weighted by Crippen LogP contribution is -2.06. The van der Waals surface area contributed by atoms with Crippen molar-refractivity contribution in [1.29, 1.82) is 10.5 Å².